The third-order valence-corrected chi connectivity index (χ3v) is 3.12. The summed E-state index contributed by atoms with van der Waals surface area (Å²) in [6, 6.07) is 8.54. The van der Waals surface area contributed by atoms with Crippen LogP contribution in [-0.4, -0.2) is 0 Å². The Bertz CT molecular complexity index is 585. The maximum absolute atomic E-state index is 13.4. The van der Waals surface area contributed by atoms with Gasteiger partial charge in [0.1, 0.15) is 11.6 Å². The van der Waals surface area contributed by atoms with E-state index >= 15 is 0 Å². The number of nitrogens with two attached hydrogens (primary N) is 1. The van der Waals surface area contributed by atoms with Gasteiger partial charge in [-0.2, -0.15) is 0 Å². The molecule has 2 aromatic rings. The van der Waals surface area contributed by atoms with Crippen molar-refractivity contribution < 1.29 is 8.78 Å². The molecule has 0 bridgehead atoms. The summed E-state index contributed by atoms with van der Waals surface area (Å²) in [5, 5.41) is 3.05. The molecule has 1 unspecified atom stereocenters. The molecular formula is C14H13ClF2N2. The molecule has 0 fully saturated rings. The molecule has 2 aromatic carbocycles. The lowest BCUT2D eigenvalue weighted by atomic mass is 10.1. The van der Waals surface area contributed by atoms with Crippen molar-refractivity contribution >= 4 is 23.0 Å². The Hall–Kier alpha value is -1.81. The smallest absolute Gasteiger partial charge is 0.143 e. The second kappa shape index (κ2) is 5.45. The van der Waals surface area contributed by atoms with E-state index in [9.17, 15) is 8.78 Å². The highest BCUT2D eigenvalue weighted by molar-refractivity contribution is 6.31. The number of nitrogen functional groups attached to an aromatic ring is 1. The van der Waals surface area contributed by atoms with Crippen LogP contribution >= 0.6 is 11.6 Å². The molecule has 1 atom stereocenters. The summed E-state index contributed by atoms with van der Waals surface area (Å²) in [6.07, 6.45) is 0. The molecule has 2 nitrogen and oxygen atoms in total. The first-order valence-electron chi connectivity index (χ1n) is 5.74. The quantitative estimate of drug-likeness (QED) is 0.820. The maximum Gasteiger partial charge on any atom is 0.143 e. The lowest BCUT2D eigenvalue weighted by molar-refractivity contribution is 0.626. The van der Waals surface area contributed by atoms with Gasteiger partial charge in [0.25, 0.3) is 0 Å². The van der Waals surface area contributed by atoms with Gasteiger partial charge in [0, 0.05) is 12.1 Å². The van der Waals surface area contributed by atoms with Gasteiger partial charge in [-0.1, -0.05) is 23.7 Å². The number of anilines is 2. The van der Waals surface area contributed by atoms with E-state index in [1.807, 2.05) is 6.92 Å². The van der Waals surface area contributed by atoms with Crippen molar-refractivity contribution in [1.82, 2.24) is 0 Å². The molecule has 0 radical (unpaired) electrons. The SMILES string of the molecule is CC(Nc1cc(F)c(Cl)cc1N)c1ccc(F)cc1. The van der Waals surface area contributed by atoms with Crippen LogP contribution in [0.15, 0.2) is 36.4 Å². The predicted molar refractivity (Wildman–Crippen MR) is 74.3 cm³/mol. The minimum absolute atomic E-state index is 0.0162. The molecule has 19 heavy (non-hydrogen) atoms. The zero-order valence-electron chi connectivity index (χ0n) is 10.3. The van der Waals surface area contributed by atoms with Crippen LogP contribution in [0.25, 0.3) is 0 Å². The molecule has 0 saturated carbocycles. The fourth-order valence-corrected chi connectivity index (χ4v) is 1.93. The second-order valence-electron chi connectivity index (χ2n) is 4.27. The van der Waals surface area contributed by atoms with Gasteiger partial charge < -0.3 is 11.1 Å². The van der Waals surface area contributed by atoms with Crippen molar-refractivity contribution in [2.45, 2.75) is 13.0 Å². The minimum Gasteiger partial charge on any atom is -0.397 e. The van der Waals surface area contributed by atoms with E-state index in [1.165, 1.54) is 24.3 Å². The van der Waals surface area contributed by atoms with E-state index in [1.54, 1.807) is 12.1 Å². The third-order valence-electron chi connectivity index (χ3n) is 2.83. The Morgan fingerprint density at radius 2 is 1.79 bits per heavy atom. The normalized spacial score (nSPS) is 12.2. The number of nitrogens with one attached hydrogen (secondary N) is 1. The minimum atomic E-state index is -0.537. The topological polar surface area (TPSA) is 38.0 Å². The number of hydrogen-bond donors (Lipinski definition) is 2. The summed E-state index contributed by atoms with van der Waals surface area (Å²) in [7, 11) is 0. The van der Waals surface area contributed by atoms with Crippen LogP contribution < -0.4 is 11.1 Å². The van der Waals surface area contributed by atoms with E-state index in [0.29, 0.717) is 11.4 Å². The zero-order valence-corrected chi connectivity index (χ0v) is 11.0. The first kappa shape index (κ1) is 13.6. The molecule has 0 spiro atoms. The van der Waals surface area contributed by atoms with E-state index in [4.69, 9.17) is 17.3 Å². The van der Waals surface area contributed by atoms with Crippen molar-refractivity contribution in [2.75, 3.05) is 11.1 Å². The van der Waals surface area contributed by atoms with Crippen molar-refractivity contribution in [3.05, 3.63) is 58.6 Å². The average molecular weight is 283 g/mol. The maximum atomic E-state index is 13.4. The molecule has 0 amide bonds. The Kier molecular flexibility index (Phi) is 3.90. The standard InChI is InChI=1S/C14H13ClF2N2/c1-8(9-2-4-10(16)5-3-9)19-14-7-12(17)11(15)6-13(14)18/h2-8,19H,18H2,1H3. The largest absolute Gasteiger partial charge is 0.397 e. The van der Waals surface area contributed by atoms with E-state index in [-0.39, 0.29) is 16.9 Å². The Balaban J connectivity index is 2.21. The summed E-state index contributed by atoms with van der Waals surface area (Å²) < 4.78 is 26.2. The Morgan fingerprint density at radius 1 is 1.16 bits per heavy atom. The van der Waals surface area contributed by atoms with Crippen LogP contribution in [0.2, 0.25) is 5.02 Å². The highest BCUT2D eigenvalue weighted by atomic mass is 35.5. The second-order valence-corrected chi connectivity index (χ2v) is 4.68. The van der Waals surface area contributed by atoms with Crippen molar-refractivity contribution in [3.63, 3.8) is 0 Å². The van der Waals surface area contributed by atoms with Gasteiger partial charge in [0.15, 0.2) is 0 Å². The molecule has 3 N–H and O–H groups in total. The lowest BCUT2D eigenvalue weighted by Crippen LogP contribution is -2.08. The van der Waals surface area contributed by atoms with E-state index in [2.05, 4.69) is 5.32 Å². The number of benzene rings is 2. The molecule has 0 aliphatic rings. The van der Waals surface area contributed by atoms with Crippen LogP contribution in [0.1, 0.15) is 18.5 Å². The fraction of sp³-hybridized carbons (Fsp3) is 0.143. The molecule has 2 rings (SSSR count). The van der Waals surface area contributed by atoms with Gasteiger partial charge >= 0.3 is 0 Å². The van der Waals surface area contributed by atoms with Gasteiger partial charge in [-0.3, -0.25) is 0 Å². The first-order chi connectivity index (χ1) is 8.97. The summed E-state index contributed by atoms with van der Waals surface area (Å²) in [5.41, 5.74) is 7.46. The predicted octanol–water partition coefficient (Wildman–Crippen LogP) is 4.37. The zero-order chi connectivity index (χ0) is 14.0. The summed E-state index contributed by atoms with van der Waals surface area (Å²) >= 11 is 5.63. The fourth-order valence-electron chi connectivity index (χ4n) is 1.76. The van der Waals surface area contributed by atoms with Crippen LogP contribution in [0.5, 0.6) is 0 Å². The molecule has 5 heteroatoms. The molecule has 0 heterocycles. The molecule has 0 aliphatic heterocycles. The summed E-state index contributed by atoms with van der Waals surface area (Å²) in [4.78, 5) is 0. The summed E-state index contributed by atoms with van der Waals surface area (Å²) in [5.74, 6) is -0.835. The third kappa shape index (κ3) is 3.15. The number of rotatable bonds is 3. The first-order valence-corrected chi connectivity index (χ1v) is 6.11. The van der Waals surface area contributed by atoms with Crippen LogP contribution in [0.4, 0.5) is 20.2 Å². The lowest BCUT2D eigenvalue weighted by Gasteiger charge is -2.17. The van der Waals surface area contributed by atoms with E-state index in [0.717, 1.165) is 5.56 Å². The van der Waals surface area contributed by atoms with Crippen molar-refractivity contribution in [1.29, 1.82) is 0 Å². The van der Waals surface area contributed by atoms with Crippen molar-refractivity contribution in [2.24, 2.45) is 0 Å². The van der Waals surface area contributed by atoms with Gasteiger partial charge in [0.05, 0.1) is 16.4 Å². The van der Waals surface area contributed by atoms with Crippen LogP contribution in [0, 0.1) is 11.6 Å². The molecule has 0 aromatic heterocycles. The van der Waals surface area contributed by atoms with E-state index < -0.39 is 5.82 Å². The highest BCUT2D eigenvalue weighted by Crippen LogP contribution is 2.29. The monoisotopic (exact) mass is 282 g/mol. The Labute approximate surface area is 115 Å². The van der Waals surface area contributed by atoms with Crippen LogP contribution in [-0.2, 0) is 0 Å². The van der Waals surface area contributed by atoms with Gasteiger partial charge in [0.2, 0.25) is 0 Å². The summed E-state index contributed by atoms with van der Waals surface area (Å²) in [6.45, 7) is 1.87. The molecular weight excluding hydrogens is 270 g/mol. The average Bonchev–Trinajstić information content (AvgIpc) is 2.36. The van der Waals surface area contributed by atoms with Crippen molar-refractivity contribution in [3.8, 4) is 0 Å². The van der Waals surface area contributed by atoms with Gasteiger partial charge in [-0.15, -0.1) is 0 Å². The van der Waals surface area contributed by atoms with Crippen LogP contribution in [0.3, 0.4) is 0 Å². The molecule has 0 aliphatic carbocycles. The molecule has 100 valence electrons. The van der Waals surface area contributed by atoms with Gasteiger partial charge in [-0.05, 0) is 30.7 Å². The molecule has 0 saturated heterocycles. The number of hydrogen-bond acceptors (Lipinski definition) is 2. The number of halogens is 3. The Morgan fingerprint density at radius 3 is 2.42 bits per heavy atom. The highest BCUT2D eigenvalue weighted by Gasteiger charge is 2.10. The van der Waals surface area contributed by atoms with Gasteiger partial charge in [-0.25, -0.2) is 8.78 Å².